The van der Waals surface area contributed by atoms with Crippen molar-refractivity contribution in [1.29, 1.82) is 0 Å². The van der Waals surface area contributed by atoms with Crippen LogP contribution in [0.4, 0.5) is 4.39 Å². The van der Waals surface area contributed by atoms with Crippen LogP contribution in [0.5, 0.6) is 0 Å². The average Bonchev–Trinajstić information content (AvgIpc) is 2.30. The van der Waals surface area contributed by atoms with Crippen molar-refractivity contribution in [3.05, 3.63) is 35.9 Å². The molecule has 0 saturated carbocycles. The first-order valence-corrected chi connectivity index (χ1v) is 5.22. The van der Waals surface area contributed by atoms with Gasteiger partial charge in [0.2, 0.25) is 5.67 Å². The second-order valence-corrected chi connectivity index (χ2v) is 3.55. The third-order valence-electron chi connectivity index (χ3n) is 2.29. The lowest BCUT2D eigenvalue weighted by atomic mass is 9.96. The Labute approximate surface area is 94.4 Å². The maximum absolute atomic E-state index is 14.2. The topological polar surface area (TPSA) is 52.3 Å². The molecule has 4 heteroatoms. The first-order chi connectivity index (χ1) is 7.62. The molecule has 1 atom stereocenters. The molecule has 0 fully saturated rings. The quantitative estimate of drug-likeness (QED) is 0.772. The summed E-state index contributed by atoms with van der Waals surface area (Å²) in [6.45, 7) is 1.41. The van der Waals surface area contributed by atoms with Crippen molar-refractivity contribution in [2.24, 2.45) is 5.73 Å². The van der Waals surface area contributed by atoms with Crippen molar-refractivity contribution in [2.45, 2.75) is 19.0 Å². The maximum atomic E-state index is 14.2. The normalized spacial score (nSPS) is 14.2. The molecule has 0 saturated heterocycles. The van der Waals surface area contributed by atoms with Gasteiger partial charge in [-0.15, -0.1) is 0 Å². The Kier molecular flexibility index (Phi) is 4.43. The van der Waals surface area contributed by atoms with Crippen LogP contribution in [0.2, 0.25) is 0 Å². The first-order valence-electron chi connectivity index (χ1n) is 5.22. The lowest BCUT2D eigenvalue weighted by Gasteiger charge is -2.21. The second kappa shape index (κ2) is 5.61. The van der Waals surface area contributed by atoms with E-state index in [1.54, 1.807) is 31.2 Å². The number of hydrogen-bond acceptors (Lipinski definition) is 3. The van der Waals surface area contributed by atoms with E-state index in [0.717, 1.165) is 5.56 Å². The zero-order valence-corrected chi connectivity index (χ0v) is 9.28. The SMILES string of the molecule is CCOC(=O)C(F)(CN)Cc1ccccc1. The van der Waals surface area contributed by atoms with Gasteiger partial charge in [-0.3, -0.25) is 0 Å². The number of carbonyl (C=O) groups is 1. The number of nitrogens with two attached hydrogens (primary N) is 1. The summed E-state index contributed by atoms with van der Waals surface area (Å²) in [6.07, 6.45) is -0.0524. The number of carbonyl (C=O) groups excluding carboxylic acids is 1. The van der Waals surface area contributed by atoms with Gasteiger partial charge in [-0.1, -0.05) is 30.3 Å². The zero-order chi connectivity index (χ0) is 12.0. The Hall–Kier alpha value is -1.42. The number of hydrogen-bond donors (Lipinski definition) is 1. The van der Waals surface area contributed by atoms with E-state index in [2.05, 4.69) is 4.74 Å². The molecule has 0 aliphatic heterocycles. The van der Waals surface area contributed by atoms with Crippen LogP contribution in [0.1, 0.15) is 12.5 Å². The number of halogens is 1. The van der Waals surface area contributed by atoms with E-state index in [1.165, 1.54) is 0 Å². The molecule has 0 radical (unpaired) electrons. The number of esters is 1. The van der Waals surface area contributed by atoms with E-state index in [1.807, 2.05) is 6.07 Å². The molecule has 1 aromatic rings. The fourth-order valence-electron chi connectivity index (χ4n) is 1.41. The second-order valence-electron chi connectivity index (χ2n) is 3.55. The van der Waals surface area contributed by atoms with Gasteiger partial charge in [0.1, 0.15) is 0 Å². The summed E-state index contributed by atoms with van der Waals surface area (Å²) in [7, 11) is 0. The fraction of sp³-hybridized carbons (Fsp3) is 0.417. The van der Waals surface area contributed by atoms with Gasteiger partial charge in [-0.2, -0.15) is 0 Å². The van der Waals surface area contributed by atoms with E-state index < -0.39 is 11.6 Å². The van der Waals surface area contributed by atoms with Gasteiger partial charge in [0, 0.05) is 13.0 Å². The van der Waals surface area contributed by atoms with Gasteiger partial charge >= 0.3 is 5.97 Å². The predicted octanol–water partition coefficient (Wildman–Crippen LogP) is 1.46. The third kappa shape index (κ3) is 3.03. The standard InChI is InChI=1S/C12H16FNO2/c1-2-16-11(15)12(13,9-14)8-10-6-4-3-5-7-10/h3-7H,2,8-9,14H2,1H3. The molecular formula is C12H16FNO2. The Bertz CT molecular complexity index is 342. The van der Waals surface area contributed by atoms with Crippen molar-refractivity contribution in [1.82, 2.24) is 0 Å². The molecule has 0 bridgehead atoms. The highest BCUT2D eigenvalue weighted by Crippen LogP contribution is 2.19. The Morgan fingerprint density at radius 2 is 2.06 bits per heavy atom. The largest absolute Gasteiger partial charge is 0.464 e. The van der Waals surface area contributed by atoms with Crippen LogP contribution in [0.3, 0.4) is 0 Å². The Morgan fingerprint density at radius 1 is 1.44 bits per heavy atom. The van der Waals surface area contributed by atoms with Gasteiger partial charge in [0.25, 0.3) is 0 Å². The summed E-state index contributed by atoms with van der Waals surface area (Å²) < 4.78 is 18.9. The van der Waals surface area contributed by atoms with E-state index in [-0.39, 0.29) is 19.6 Å². The number of benzene rings is 1. The van der Waals surface area contributed by atoms with E-state index in [0.29, 0.717) is 0 Å². The minimum absolute atomic E-state index is 0.0524. The highest BCUT2D eigenvalue weighted by molar-refractivity contribution is 5.80. The zero-order valence-electron chi connectivity index (χ0n) is 9.28. The molecule has 88 valence electrons. The fourth-order valence-corrected chi connectivity index (χ4v) is 1.41. The average molecular weight is 225 g/mol. The smallest absolute Gasteiger partial charge is 0.345 e. The molecule has 0 amide bonds. The van der Waals surface area contributed by atoms with Crippen LogP contribution >= 0.6 is 0 Å². The maximum Gasteiger partial charge on any atom is 0.345 e. The molecule has 0 aliphatic carbocycles. The summed E-state index contributed by atoms with van der Waals surface area (Å²) in [4.78, 5) is 11.4. The van der Waals surface area contributed by atoms with Crippen LogP contribution < -0.4 is 5.73 Å². The van der Waals surface area contributed by atoms with Crippen LogP contribution in [0, 0.1) is 0 Å². The molecule has 16 heavy (non-hydrogen) atoms. The van der Waals surface area contributed by atoms with Crippen molar-refractivity contribution in [3.63, 3.8) is 0 Å². The number of alkyl halides is 1. The molecule has 1 aromatic carbocycles. The number of rotatable bonds is 5. The highest BCUT2D eigenvalue weighted by Gasteiger charge is 2.38. The molecule has 0 aliphatic rings. The van der Waals surface area contributed by atoms with Gasteiger partial charge in [0.15, 0.2) is 0 Å². The van der Waals surface area contributed by atoms with E-state index in [9.17, 15) is 9.18 Å². The summed E-state index contributed by atoms with van der Waals surface area (Å²) in [5.74, 6) is -0.888. The molecule has 0 aromatic heterocycles. The van der Waals surface area contributed by atoms with Crippen LogP contribution in [-0.2, 0) is 16.0 Å². The van der Waals surface area contributed by atoms with Crippen molar-refractivity contribution >= 4 is 5.97 Å². The summed E-state index contributed by atoms with van der Waals surface area (Å²) in [6, 6.07) is 8.91. The van der Waals surface area contributed by atoms with Gasteiger partial charge < -0.3 is 10.5 Å². The van der Waals surface area contributed by atoms with Crippen LogP contribution in [0.15, 0.2) is 30.3 Å². The molecule has 3 nitrogen and oxygen atoms in total. The third-order valence-corrected chi connectivity index (χ3v) is 2.29. The van der Waals surface area contributed by atoms with Gasteiger partial charge in [-0.25, -0.2) is 9.18 Å². The van der Waals surface area contributed by atoms with Crippen molar-refractivity contribution in [2.75, 3.05) is 13.2 Å². The molecular weight excluding hydrogens is 209 g/mol. The van der Waals surface area contributed by atoms with E-state index in [4.69, 9.17) is 5.73 Å². The molecule has 0 spiro atoms. The van der Waals surface area contributed by atoms with Crippen LogP contribution in [0.25, 0.3) is 0 Å². The van der Waals surface area contributed by atoms with Gasteiger partial charge in [0.05, 0.1) is 6.61 Å². The highest BCUT2D eigenvalue weighted by atomic mass is 19.1. The monoisotopic (exact) mass is 225 g/mol. The Balaban J connectivity index is 2.78. The predicted molar refractivity (Wildman–Crippen MR) is 59.7 cm³/mol. The minimum Gasteiger partial charge on any atom is -0.464 e. The summed E-state index contributed by atoms with van der Waals surface area (Å²) in [5, 5.41) is 0. The van der Waals surface area contributed by atoms with E-state index >= 15 is 0 Å². The summed E-state index contributed by atoms with van der Waals surface area (Å²) >= 11 is 0. The van der Waals surface area contributed by atoms with Crippen molar-refractivity contribution in [3.8, 4) is 0 Å². The molecule has 0 heterocycles. The number of ether oxygens (including phenoxy) is 1. The lowest BCUT2D eigenvalue weighted by Crippen LogP contribution is -2.44. The van der Waals surface area contributed by atoms with Gasteiger partial charge in [-0.05, 0) is 12.5 Å². The Morgan fingerprint density at radius 3 is 2.56 bits per heavy atom. The molecule has 1 unspecified atom stereocenters. The van der Waals surface area contributed by atoms with Crippen LogP contribution in [-0.4, -0.2) is 24.8 Å². The van der Waals surface area contributed by atoms with Crippen molar-refractivity contribution < 1.29 is 13.9 Å². The first kappa shape index (κ1) is 12.6. The molecule has 2 N–H and O–H groups in total. The lowest BCUT2D eigenvalue weighted by molar-refractivity contribution is -0.156. The molecule has 1 rings (SSSR count). The summed E-state index contributed by atoms with van der Waals surface area (Å²) in [5.41, 5.74) is 3.91. The minimum atomic E-state index is -2.13.